The Balaban J connectivity index is 2.66. The van der Waals surface area contributed by atoms with Crippen LogP contribution in [-0.2, 0) is 3.22 Å². The van der Waals surface area contributed by atoms with E-state index in [0.29, 0.717) is 5.75 Å². The van der Waals surface area contributed by atoms with Crippen LogP contribution in [0.15, 0.2) is 24.3 Å². The summed E-state index contributed by atoms with van der Waals surface area (Å²) in [5.41, 5.74) is 0. The average Bonchev–Trinajstić information content (AvgIpc) is 2.07. The lowest BCUT2D eigenvalue weighted by molar-refractivity contribution is -0.0471. The maximum atomic E-state index is 4.92. The largest absolute Gasteiger partial charge is 0.428 e. The third-order valence-electron chi connectivity index (χ3n) is 1.04. The third-order valence-corrected chi connectivity index (χ3v) is 1.73. The number of benzene rings is 1. The molecule has 0 aliphatic rings. The van der Waals surface area contributed by atoms with Crippen molar-refractivity contribution in [2.75, 3.05) is 0 Å². The van der Waals surface area contributed by atoms with Crippen LogP contribution < -0.4 is 7.95 Å². The zero-order valence-corrected chi connectivity index (χ0v) is 9.61. The summed E-state index contributed by atoms with van der Waals surface area (Å²) in [4.78, 5) is 4.73. The summed E-state index contributed by atoms with van der Waals surface area (Å²) in [6.45, 7) is 0. The molecule has 0 aliphatic carbocycles. The Morgan fingerprint density at radius 2 is 1.45 bits per heavy atom. The first-order valence-electron chi connectivity index (χ1n) is 2.70. The summed E-state index contributed by atoms with van der Waals surface area (Å²) in [6.07, 6.45) is 0. The molecule has 0 amide bonds. The Kier molecular flexibility index (Phi) is 4.23. The molecule has 60 valence electrons. The van der Waals surface area contributed by atoms with E-state index in [-0.39, 0.29) is 0 Å². The van der Waals surface area contributed by atoms with Crippen LogP contribution in [-0.4, -0.2) is 0 Å². The molecule has 1 aromatic carbocycles. The Morgan fingerprint density at radius 3 is 1.91 bits per heavy atom. The first-order valence-corrected chi connectivity index (χ1v) is 4.47. The van der Waals surface area contributed by atoms with Crippen LogP contribution in [0.4, 0.5) is 0 Å². The van der Waals surface area contributed by atoms with E-state index in [1.54, 1.807) is 47.3 Å². The Labute approximate surface area is 92.3 Å². The molecule has 1 rings (SSSR count). The molecule has 5 heteroatoms. The van der Waals surface area contributed by atoms with Gasteiger partial charge in [-0.25, -0.2) is 0 Å². The van der Waals surface area contributed by atoms with Gasteiger partial charge >= 0.3 is 0 Å². The maximum Gasteiger partial charge on any atom is 0.192 e. The van der Waals surface area contributed by atoms with Crippen LogP contribution in [0.3, 0.4) is 0 Å². The highest BCUT2D eigenvalue weighted by atomic mass is 127. The first-order chi connectivity index (χ1) is 5.36. The van der Waals surface area contributed by atoms with Crippen molar-refractivity contribution >= 4 is 46.0 Å². The van der Waals surface area contributed by atoms with Crippen molar-refractivity contribution in [1.29, 1.82) is 0 Å². The van der Waals surface area contributed by atoms with Crippen LogP contribution in [0.2, 0.25) is 0 Å². The van der Waals surface area contributed by atoms with E-state index in [1.165, 1.54) is 0 Å². The van der Waals surface area contributed by atoms with Crippen molar-refractivity contribution in [1.82, 2.24) is 0 Å². The van der Waals surface area contributed by atoms with Gasteiger partial charge in [-0.3, -0.25) is 0 Å². The minimum absolute atomic E-state index is 0.650. The van der Waals surface area contributed by atoms with Gasteiger partial charge in [0, 0.05) is 0 Å². The summed E-state index contributed by atoms with van der Waals surface area (Å²) < 4.78 is 9.35. The van der Waals surface area contributed by atoms with Crippen molar-refractivity contribution < 1.29 is 11.2 Å². The molecule has 0 radical (unpaired) electrons. The first kappa shape index (κ1) is 9.33. The molecule has 0 bridgehead atoms. The van der Waals surface area contributed by atoms with Gasteiger partial charge in [0.2, 0.25) is 0 Å². The second kappa shape index (κ2) is 4.99. The monoisotopic (exact) mass is 378 g/mol. The summed E-state index contributed by atoms with van der Waals surface area (Å²) in [5, 5.41) is 0. The SMILES string of the molecule is IOOc1ccc(OI)cc1. The molecule has 0 aliphatic heterocycles. The van der Waals surface area contributed by atoms with Crippen LogP contribution in [0.1, 0.15) is 0 Å². The zero-order valence-electron chi connectivity index (χ0n) is 5.29. The number of hydrogen-bond donors (Lipinski definition) is 0. The quantitative estimate of drug-likeness (QED) is 0.460. The van der Waals surface area contributed by atoms with Gasteiger partial charge in [0.15, 0.2) is 51.8 Å². The van der Waals surface area contributed by atoms with Crippen LogP contribution in [0.25, 0.3) is 0 Å². The van der Waals surface area contributed by atoms with Crippen LogP contribution in [0.5, 0.6) is 11.5 Å². The molecule has 0 atom stereocenters. The summed E-state index contributed by atoms with van der Waals surface area (Å²) >= 11 is 3.47. The van der Waals surface area contributed by atoms with Crippen molar-refractivity contribution in [3.63, 3.8) is 0 Å². The van der Waals surface area contributed by atoms with E-state index in [1.807, 2.05) is 23.0 Å². The molecule has 11 heavy (non-hydrogen) atoms. The van der Waals surface area contributed by atoms with Gasteiger partial charge in [0.05, 0.1) is 0 Å². The van der Waals surface area contributed by atoms with E-state index in [0.717, 1.165) is 5.75 Å². The Bertz CT molecular complexity index is 212. The summed E-state index contributed by atoms with van der Waals surface area (Å²) in [6, 6.07) is 7.09. The molecule has 3 nitrogen and oxygen atoms in total. The number of hydrogen-bond acceptors (Lipinski definition) is 3. The molecular formula is C6H4I2O3. The fourth-order valence-electron chi connectivity index (χ4n) is 0.583. The summed E-state index contributed by atoms with van der Waals surface area (Å²) in [5.74, 6) is 1.43. The van der Waals surface area contributed by atoms with Gasteiger partial charge in [-0.05, 0) is 24.3 Å². The molecule has 0 unspecified atom stereocenters. The van der Waals surface area contributed by atoms with Crippen molar-refractivity contribution in [3.8, 4) is 11.5 Å². The normalized spacial score (nSPS) is 9.27. The highest BCUT2D eigenvalue weighted by molar-refractivity contribution is 14.1. The molecule has 0 spiro atoms. The highest BCUT2D eigenvalue weighted by Gasteiger charge is 1.94. The number of halogens is 2. The molecule has 1 aromatic rings. The van der Waals surface area contributed by atoms with Gasteiger partial charge in [0.25, 0.3) is 0 Å². The standard InChI is InChI=1S/C6H4I2O3/c7-9-5-1-3-6(4-2-5)10-11-8/h1-4H. The van der Waals surface area contributed by atoms with Gasteiger partial charge < -0.3 is 7.95 Å². The predicted octanol–water partition coefficient (Wildman–Crippen LogP) is 3.08. The van der Waals surface area contributed by atoms with E-state index in [9.17, 15) is 0 Å². The molecule has 0 aromatic heterocycles. The molecule has 0 N–H and O–H groups in total. The summed E-state index contributed by atoms with van der Waals surface area (Å²) in [7, 11) is 0. The lowest BCUT2D eigenvalue weighted by Gasteiger charge is -1.99. The number of rotatable bonds is 3. The maximum absolute atomic E-state index is 4.92. The average molecular weight is 378 g/mol. The van der Waals surface area contributed by atoms with Gasteiger partial charge in [0.1, 0.15) is 5.75 Å². The van der Waals surface area contributed by atoms with Gasteiger partial charge in [-0.1, -0.05) is 0 Å². The van der Waals surface area contributed by atoms with Crippen molar-refractivity contribution in [2.24, 2.45) is 0 Å². The van der Waals surface area contributed by atoms with Gasteiger partial charge in [-0.15, -0.1) is 3.22 Å². The van der Waals surface area contributed by atoms with Crippen molar-refractivity contribution in [2.45, 2.75) is 0 Å². The highest BCUT2D eigenvalue weighted by Crippen LogP contribution is 2.19. The lowest BCUT2D eigenvalue weighted by atomic mass is 10.3. The van der Waals surface area contributed by atoms with E-state index in [4.69, 9.17) is 7.95 Å². The molecular weight excluding hydrogens is 374 g/mol. The zero-order chi connectivity index (χ0) is 8.10. The lowest BCUT2D eigenvalue weighted by Crippen LogP contribution is -1.84. The van der Waals surface area contributed by atoms with Crippen LogP contribution >= 0.6 is 46.0 Å². The predicted molar refractivity (Wildman–Crippen MR) is 56.8 cm³/mol. The Morgan fingerprint density at radius 1 is 0.909 bits per heavy atom. The van der Waals surface area contributed by atoms with E-state index < -0.39 is 0 Å². The van der Waals surface area contributed by atoms with Gasteiger partial charge in [-0.2, -0.15) is 0 Å². The second-order valence-electron chi connectivity index (χ2n) is 1.69. The Hall–Kier alpha value is 0.240. The van der Waals surface area contributed by atoms with E-state index >= 15 is 0 Å². The van der Waals surface area contributed by atoms with Crippen molar-refractivity contribution in [3.05, 3.63) is 24.3 Å². The topological polar surface area (TPSA) is 27.7 Å². The minimum atomic E-state index is 0.650. The smallest absolute Gasteiger partial charge is 0.192 e. The fourth-order valence-corrected chi connectivity index (χ4v) is 1.08. The molecule has 0 fully saturated rings. The molecule has 0 heterocycles. The van der Waals surface area contributed by atoms with E-state index in [2.05, 4.69) is 3.22 Å². The molecule has 0 saturated heterocycles. The molecule has 0 saturated carbocycles. The minimum Gasteiger partial charge on any atom is -0.428 e. The van der Waals surface area contributed by atoms with Crippen LogP contribution in [0, 0.1) is 0 Å². The fraction of sp³-hybridized carbons (Fsp3) is 0. The third kappa shape index (κ3) is 2.99. The second-order valence-corrected chi connectivity index (χ2v) is 2.49.